The van der Waals surface area contributed by atoms with Gasteiger partial charge in [0.15, 0.2) is 0 Å². The van der Waals surface area contributed by atoms with Gasteiger partial charge in [0.05, 0.1) is 4.92 Å². The van der Waals surface area contributed by atoms with Crippen LogP contribution in [0.2, 0.25) is 5.02 Å². The molecule has 1 aromatic rings. The summed E-state index contributed by atoms with van der Waals surface area (Å²) in [4.78, 5) is 24.3. The Balaban J connectivity index is 3.01. The van der Waals surface area contributed by atoms with Crippen molar-refractivity contribution in [2.24, 2.45) is 0 Å². The third kappa shape index (κ3) is 4.76. The van der Waals surface area contributed by atoms with Crippen molar-refractivity contribution in [2.75, 3.05) is 18.4 Å². The third-order valence-corrected chi connectivity index (χ3v) is 3.34. The number of benzene rings is 1. The molecule has 1 aromatic carbocycles. The summed E-state index contributed by atoms with van der Waals surface area (Å²) >= 11 is 9.15. The van der Waals surface area contributed by atoms with Gasteiger partial charge in [0.25, 0.3) is 11.6 Å². The zero-order valence-corrected chi connectivity index (χ0v) is 13.5. The lowest BCUT2D eigenvalue weighted by molar-refractivity contribution is -0.384. The van der Waals surface area contributed by atoms with Gasteiger partial charge in [0, 0.05) is 41.1 Å². The molecule has 5 nitrogen and oxygen atoms in total. The number of hydrogen-bond donors (Lipinski definition) is 0. The second kappa shape index (κ2) is 8.21. The molecule has 0 heterocycles. The monoisotopic (exact) mass is 362 g/mol. The quantitative estimate of drug-likeness (QED) is 0.419. The molecule has 0 fully saturated rings. The normalized spacial score (nSPS) is 10.3. The number of unbranched alkanes of at least 4 members (excludes halogenated alkanes) is 1. The van der Waals surface area contributed by atoms with Gasteiger partial charge in [-0.05, 0) is 12.5 Å². The first-order chi connectivity index (χ1) is 9.49. The maximum atomic E-state index is 12.4. The Bertz CT molecular complexity index is 497. The standard InChI is InChI=1S/C13H16BrClN2O3/c1-2-3-5-16(6-4-14)13(18)10-7-11(15)9-12(8-10)17(19)20/h7-9H,2-6H2,1H3. The van der Waals surface area contributed by atoms with Gasteiger partial charge in [-0.2, -0.15) is 0 Å². The number of halogens is 2. The summed E-state index contributed by atoms with van der Waals surface area (Å²) in [6, 6.07) is 3.96. The molecule has 0 N–H and O–H groups in total. The molecule has 20 heavy (non-hydrogen) atoms. The van der Waals surface area contributed by atoms with E-state index in [0.717, 1.165) is 12.8 Å². The van der Waals surface area contributed by atoms with E-state index in [1.165, 1.54) is 18.2 Å². The van der Waals surface area contributed by atoms with Crippen LogP contribution in [0.25, 0.3) is 0 Å². The van der Waals surface area contributed by atoms with Crippen LogP contribution < -0.4 is 0 Å². The first kappa shape index (κ1) is 16.9. The summed E-state index contributed by atoms with van der Waals surface area (Å²) in [6.45, 7) is 3.22. The van der Waals surface area contributed by atoms with Gasteiger partial charge >= 0.3 is 0 Å². The molecule has 7 heteroatoms. The average molecular weight is 364 g/mol. The van der Waals surface area contributed by atoms with E-state index >= 15 is 0 Å². The molecule has 0 bridgehead atoms. The topological polar surface area (TPSA) is 63.5 Å². The number of alkyl halides is 1. The lowest BCUT2D eigenvalue weighted by Gasteiger charge is -2.21. The number of nitrogens with zero attached hydrogens (tertiary/aromatic N) is 2. The minimum absolute atomic E-state index is 0.171. The van der Waals surface area contributed by atoms with Crippen LogP contribution in [0.5, 0.6) is 0 Å². The fraction of sp³-hybridized carbons (Fsp3) is 0.462. The lowest BCUT2D eigenvalue weighted by atomic mass is 10.1. The molecule has 1 amide bonds. The van der Waals surface area contributed by atoms with Crippen LogP contribution in [0.1, 0.15) is 30.1 Å². The first-order valence-corrected chi connectivity index (χ1v) is 7.79. The molecule has 0 aromatic heterocycles. The van der Waals surface area contributed by atoms with E-state index in [4.69, 9.17) is 11.6 Å². The van der Waals surface area contributed by atoms with Crippen molar-refractivity contribution in [1.29, 1.82) is 0 Å². The van der Waals surface area contributed by atoms with Gasteiger partial charge in [-0.1, -0.05) is 40.9 Å². The Morgan fingerprint density at radius 2 is 2.10 bits per heavy atom. The van der Waals surface area contributed by atoms with E-state index in [9.17, 15) is 14.9 Å². The zero-order valence-electron chi connectivity index (χ0n) is 11.1. The molecular formula is C13H16BrClN2O3. The van der Waals surface area contributed by atoms with E-state index in [1.807, 2.05) is 6.92 Å². The molecule has 0 radical (unpaired) electrons. The summed E-state index contributed by atoms with van der Waals surface area (Å²) < 4.78 is 0. The maximum absolute atomic E-state index is 12.4. The number of nitro benzene ring substituents is 1. The van der Waals surface area contributed by atoms with Gasteiger partial charge in [-0.25, -0.2) is 0 Å². The molecule has 0 aliphatic rings. The summed E-state index contributed by atoms with van der Waals surface area (Å²) in [5.74, 6) is -0.233. The Hall–Kier alpha value is -1.14. The molecule has 0 saturated heterocycles. The van der Waals surface area contributed by atoms with Crippen molar-refractivity contribution in [3.8, 4) is 0 Å². The molecule has 0 atom stereocenters. The van der Waals surface area contributed by atoms with E-state index < -0.39 is 4.92 Å². The minimum atomic E-state index is -0.552. The highest BCUT2D eigenvalue weighted by atomic mass is 79.9. The highest BCUT2D eigenvalue weighted by Crippen LogP contribution is 2.22. The van der Waals surface area contributed by atoms with E-state index in [-0.39, 0.29) is 22.2 Å². The van der Waals surface area contributed by atoms with Crippen molar-refractivity contribution >= 4 is 39.1 Å². The number of nitro groups is 1. The summed E-state index contributed by atoms with van der Waals surface area (Å²) in [5, 5.41) is 11.7. The van der Waals surface area contributed by atoms with Crippen LogP contribution in [0.3, 0.4) is 0 Å². The van der Waals surface area contributed by atoms with Crippen LogP contribution in [-0.2, 0) is 0 Å². The number of hydrogen-bond acceptors (Lipinski definition) is 3. The number of rotatable bonds is 7. The van der Waals surface area contributed by atoms with E-state index in [0.29, 0.717) is 18.4 Å². The largest absolute Gasteiger partial charge is 0.338 e. The van der Waals surface area contributed by atoms with Crippen LogP contribution in [0, 0.1) is 10.1 Å². The highest BCUT2D eigenvalue weighted by Gasteiger charge is 2.18. The van der Waals surface area contributed by atoms with Crippen LogP contribution in [-0.4, -0.2) is 34.2 Å². The van der Waals surface area contributed by atoms with Gasteiger partial charge in [0.2, 0.25) is 0 Å². The lowest BCUT2D eigenvalue weighted by Crippen LogP contribution is -2.33. The van der Waals surface area contributed by atoms with Crippen molar-refractivity contribution in [3.05, 3.63) is 38.9 Å². The molecule has 0 spiro atoms. The number of carbonyl (C=O) groups is 1. The summed E-state index contributed by atoms with van der Waals surface area (Å²) in [7, 11) is 0. The fourth-order valence-electron chi connectivity index (χ4n) is 1.75. The molecule has 1 rings (SSSR count). The molecule has 110 valence electrons. The Kier molecular flexibility index (Phi) is 6.95. The SMILES string of the molecule is CCCCN(CCBr)C(=O)c1cc(Cl)cc([N+](=O)[O-])c1. The fourth-order valence-corrected chi connectivity index (χ4v) is 2.41. The van der Waals surface area contributed by atoms with Crippen LogP contribution in [0.15, 0.2) is 18.2 Å². The maximum Gasteiger partial charge on any atom is 0.271 e. The molecule has 0 aliphatic heterocycles. The number of carbonyl (C=O) groups excluding carboxylic acids is 1. The van der Waals surface area contributed by atoms with Crippen molar-refractivity contribution in [2.45, 2.75) is 19.8 Å². The molecule has 0 unspecified atom stereocenters. The number of non-ortho nitro benzene ring substituents is 1. The van der Waals surface area contributed by atoms with E-state index in [2.05, 4.69) is 15.9 Å². The predicted molar refractivity (Wildman–Crippen MR) is 82.7 cm³/mol. The minimum Gasteiger partial charge on any atom is -0.338 e. The predicted octanol–water partition coefficient (Wildman–Crippen LogP) is 3.89. The Morgan fingerprint density at radius 1 is 1.40 bits per heavy atom. The van der Waals surface area contributed by atoms with Crippen molar-refractivity contribution < 1.29 is 9.72 Å². The Labute approximate surface area is 131 Å². The van der Waals surface area contributed by atoms with Crippen molar-refractivity contribution in [3.63, 3.8) is 0 Å². The highest BCUT2D eigenvalue weighted by molar-refractivity contribution is 9.09. The van der Waals surface area contributed by atoms with Gasteiger partial charge in [0.1, 0.15) is 0 Å². The Morgan fingerprint density at radius 3 is 2.65 bits per heavy atom. The smallest absolute Gasteiger partial charge is 0.271 e. The second-order valence-corrected chi connectivity index (χ2v) is 5.52. The summed E-state index contributed by atoms with van der Waals surface area (Å²) in [6.07, 6.45) is 1.86. The van der Waals surface area contributed by atoms with Crippen LogP contribution in [0.4, 0.5) is 5.69 Å². The third-order valence-electron chi connectivity index (χ3n) is 2.76. The first-order valence-electron chi connectivity index (χ1n) is 6.29. The van der Waals surface area contributed by atoms with Crippen LogP contribution >= 0.6 is 27.5 Å². The van der Waals surface area contributed by atoms with Crippen molar-refractivity contribution in [1.82, 2.24) is 4.90 Å². The van der Waals surface area contributed by atoms with Gasteiger partial charge in [-0.15, -0.1) is 0 Å². The second-order valence-electron chi connectivity index (χ2n) is 4.29. The zero-order chi connectivity index (χ0) is 15.1. The van der Waals surface area contributed by atoms with E-state index in [1.54, 1.807) is 4.90 Å². The van der Waals surface area contributed by atoms with Gasteiger partial charge in [-0.3, -0.25) is 14.9 Å². The molecular weight excluding hydrogens is 348 g/mol. The molecule has 0 saturated carbocycles. The summed E-state index contributed by atoms with van der Waals surface area (Å²) in [5.41, 5.74) is 0.0800. The average Bonchev–Trinajstić information content (AvgIpc) is 2.42. The van der Waals surface area contributed by atoms with Gasteiger partial charge < -0.3 is 4.90 Å². The molecule has 0 aliphatic carbocycles. The number of amides is 1.